The molecular weight excluding hydrogens is 811 g/mol. The fourth-order valence-electron chi connectivity index (χ4n) is 10.6. The highest BCUT2D eigenvalue weighted by Crippen LogP contribution is 2.59. The predicted octanol–water partition coefficient (Wildman–Crippen LogP) is 17.6. The van der Waals surface area contributed by atoms with E-state index in [9.17, 15) is 0 Å². The van der Waals surface area contributed by atoms with E-state index in [2.05, 4.69) is 241 Å². The van der Waals surface area contributed by atoms with E-state index in [-0.39, 0.29) is 0 Å². The largest absolute Gasteiger partial charge is 0.310 e. The molecule has 0 unspecified atom stereocenters. The minimum atomic E-state index is -0.510. The molecule has 0 spiro atoms. The molecule has 0 fully saturated rings. The summed E-state index contributed by atoms with van der Waals surface area (Å²) in [5.41, 5.74) is 15.3. The zero-order valence-corrected chi connectivity index (χ0v) is 36.4. The molecule has 0 aliphatic heterocycles. The van der Waals surface area contributed by atoms with E-state index in [1.165, 1.54) is 96.0 Å². The van der Waals surface area contributed by atoms with Crippen molar-refractivity contribution in [1.29, 1.82) is 0 Å². The first-order chi connectivity index (χ1) is 31.7. The number of thiophene rings is 2. The van der Waals surface area contributed by atoms with Crippen LogP contribution in [-0.2, 0) is 5.41 Å². The first kappa shape index (κ1) is 37.0. The van der Waals surface area contributed by atoms with Gasteiger partial charge in [-0.25, -0.2) is 0 Å². The van der Waals surface area contributed by atoms with Gasteiger partial charge in [-0.1, -0.05) is 188 Å². The molecule has 10 aromatic carbocycles. The summed E-state index contributed by atoms with van der Waals surface area (Å²) in [6.45, 7) is 0. The Balaban J connectivity index is 1.03. The summed E-state index contributed by atoms with van der Waals surface area (Å²) in [4.78, 5) is 2.50. The highest BCUT2D eigenvalue weighted by Gasteiger charge is 2.47. The second-order valence-electron chi connectivity index (χ2n) is 16.7. The summed E-state index contributed by atoms with van der Waals surface area (Å²) < 4.78 is 5.27. The third kappa shape index (κ3) is 5.61. The van der Waals surface area contributed by atoms with Crippen molar-refractivity contribution in [1.82, 2.24) is 0 Å². The van der Waals surface area contributed by atoms with Crippen LogP contribution in [0.1, 0.15) is 22.3 Å². The monoisotopic (exact) mass is 849 g/mol. The Hall–Kier alpha value is -7.56. The van der Waals surface area contributed by atoms with Gasteiger partial charge < -0.3 is 4.90 Å². The third-order valence-corrected chi connectivity index (χ3v) is 15.7. The van der Waals surface area contributed by atoms with Crippen molar-refractivity contribution in [3.63, 3.8) is 0 Å². The summed E-state index contributed by atoms with van der Waals surface area (Å²) in [5.74, 6) is 0. The third-order valence-electron chi connectivity index (χ3n) is 13.4. The lowest BCUT2D eigenvalue weighted by Crippen LogP contribution is -2.28. The van der Waals surface area contributed by atoms with E-state index in [4.69, 9.17) is 0 Å². The van der Waals surface area contributed by atoms with Gasteiger partial charge in [0.25, 0.3) is 0 Å². The van der Waals surface area contributed by atoms with Crippen molar-refractivity contribution in [3.05, 3.63) is 259 Å². The molecule has 13 rings (SSSR count). The molecule has 1 aliphatic rings. The number of rotatable bonds is 7. The molecule has 0 saturated carbocycles. The van der Waals surface area contributed by atoms with Crippen LogP contribution in [0.15, 0.2) is 237 Å². The zero-order chi connectivity index (χ0) is 42.2. The van der Waals surface area contributed by atoms with Gasteiger partial charge in [-0.05, 0) is 98.6 Å². The van der Waals surface area contributed by atoms with Crippen molar-refractivity contribution >= 4 is 80.1 Å². The van der Waals surface area contributed by atoms with Gasteiger partial charge in [0.1, 0.15) is 0 Å². The minimum Gasteiger partial charge on any atom is -0.310 e. The Bertz CT molecular complexity index is 3690. The SMILES string of the molecule is c1ccc(C2(c3ccccc3)c3ccccc3-c3c(N(c4ccc(-c5ccc6c(c5)sc5ccccc56)cc4)c4cccc(-c5cccc6c5sc5ccccc56)c4)cccc32)cc1. The Morgan fingerprint density at radius 3 is 1.69 bits per heavy atom. The first-order valence-electron chi connectivity index (χ1n) is 21.9. The lowest BCUT2D eigenvalue weighted by atomic mass is 9.68. The first-order valence-corrected chi connectivity index (χ1v) is 23.5. The minimum absolute atomic E-state index is 0.510. The number of benzene rings is 10. The molecule has 0 N–H and O–H groups in total. The summed E-state index contributed by atoms with van der Waals surface area (Å²) in [5, 5.41) is 5.26. The van der Waals surface area contributed by atoms with Crippen molar-refractivity contribution < 1.29 is 0 Å². The van der Waals surface area contributed by atoms with Crippen LogP contribution in [0.2, 0.25) is 0 Å². The topological polar surface area (TPSA) is 3.24 Å². The lowest BCUT2D eigenvalue weighted by molar-refractivity contribution is 0.768. The smallest absolute Gasteiger partial charge is 0.0714 e. The molecule has 2 aromatic heterocycles. The molecule has 0 radical (unpaired) electrons. The molecule has 2 heterocycles. The molecule has 300 valence electrons. The van der Waals surface area contributed by atoms with E-state index >= 15 is 0 Å². The van der Waals surface area contributed by atoms with Gasteiger partial charge in [-0.2, -0.15) is 0 Å². The van der Waals surface area contributed by atoms with Crippen LogP contribution in [0.4, 0.5) is 17.1 Å². The Morgan fingerprint density at radius 2 is 0.906 bits per heavy atom. The average Bonchev–Trinajstić information content (AvgIpc) is 4.03. The van der Waals surface area contributed by atoms with Crippen LogP contribution < -0.4 is 4.90 Å². The molecule has 64 heavy (non-hydrogen) atoms. The highest BCUT2D eigenvalue weighted by molar-refractivity contribution is 7.26. The van der Waals surface area contributed by atoms with Gasteiger partial charge in [0.15, 0.2) is 0 Å². The molecule has 0 amide bonds. The van der Waals surface area contributed by atoms with Crippen molar-refractivity contribution in [3.8, 4) is 33.4 Å². The van der Waals surface area contributed by atoms with Crippen LogP contribution >= 0.6 is 22.7 Å². The zero-order valence-electron chi connectivity index (χ0n) is 34.8. The van der Waals surface area contributed by atoms with Crippen molar-refractivity contribution in [2.75, 3.05) is 4.90 Å². The molecule has 12 aromatic rings. The van der Waals surface area contributed by atoms with E-state index in [0.29, 0.717) is 0 Å². The maximum Gasteiger partial charge on any atom is 0.0714 e. The maximum absolute atomic E-state index is 2.50. The van der Waals surface area contributed by atoms with Crippen LogP contribution in [0.25, 0.3) is 73.7 Å². The van der Waals surface area contributed by atoms with E-state index in [1.807, 2.05) is 22.7 Å². The number of hydrogen-bond acceptors (Lipinski definition) is 3. The van der Waals surface area contributed by atoms with Crippen LogP contribution in [-0.4, -0.2) is 0 Å². The summed E-state index contributed by atoms with van der Waals surface area (Å²) in [7, 11) is 0. The predicted molar refractivity (Wildman–Crippen MR) is 275 cm³/mol. The quantitative estimate of drug-likeness (QED) is 0.154. The second-order valence-corrected chi connectivity index (χ2v) is 18.9. The van der Waals surface area contributed by atoms with E-state index < -0.39 is 5.41 Å². The molecule has 0 saturated heterocycles. The molecule has 0 atom stereocenters. The molecular formula is C61H39NS2. The Labute approximate surface area is 380 Å². The van der Waals surface area contributed by atoms with Gasteiger partial charge in [-0.15, -0.1) is 22.7 Å². The van der Waals surface area contributed by atoms with Crippen LogP contribution in [0.5, 0.6) is 0 Å². The van der Waals surface area contributed by atoms with Crippen molar-refractivity contribution in [2.45, 2.75) is 5.41 Å². The molecule has 1 aliphatic carbocycles. The summed E-state index contributed by atoms with van der Waals surface area (Å²) >= 11 is 3.75. The van der Waals surface area contributed by atoms with Crippen LogP contribution in [0, 0.1) is 0 Å². The van der Waals surface area contributed by atoms with Gasteiger partial charge in [0.05, 0.1) is 11.1 Å². The number of nitrogens with zero attached hydrogens (tertiary/aromatic N) is 1. The lowest BCUT2D eigenvalue weighted by Gasteiger charge is -2.34. The highest BCUT2D eigenvalue weighted by atomic mass is 32.1. The molecule has 0 bridgehead atoms. The molecule has 3 heteroatoms. The normalized spacial score (nSPS) is 12.8. The Morgan fingerprint density at radius 1 is 0.328 bits per heavy atom. The van der Waals surface area contributed by atoms with E-state index in [0.717, 1.165) is 17.1 Å². The van der Waals surface area contributed by atoms with Gasteiger partial charge in [0.2, 0.25) is 0 Å². The van der Waals surface area contributed by atoms with Gasteiger partial charge >= 0.3 is 0 Å². The van der Waals surface area contributed by atoms with Gasteiger partial charge in [0, 0.05) is 57.3 Å². The number of hydrogen-bond donors (Lipinski definition) is 0. The Kier molecular flexibility index (Phi) is 8.55. The molecule has 1 nitrogen and oxygen atoms in total. The maximum atomic E-state index is 2.50. The fraction of sp³-hybridized carbons (Fsp3) is 0.0164. The van der Waals surface area contributed by atoms with Gasteiger partial charge in [-0.3, -0.25) is 0 Å². The number of fused-ring (bicyclic) bond motifs is 9. The standard InChI is InChI=1S/C61H39NS2/c1-3-17-43(18-4-1)61(44-19-5-2-6-20-44)53-27-10-7-24-52(53)59-54(61)28-15-29-55(59)62(45-35-32-40(33-36-45)41-34-37-50-48-22-8-11-30-56(48)63-58(50)39-41)46-21-13-16-42(38-46)47-25-14-26-51-49-23-9-12-31-57(49)64-60(47)51/h1-39H. The van der Waals surface area contributed by atoms with Crippen LogP contribution in [0.3, 0.4) is 0 Å². The summed E-state index contributed by atoms with van der Waals surface area (Å²) in [6, 6.07) is 87.8. The second kappa shape index (κ2) is 14.8. The fourth-order valence-corrected chi connectivity index (χ4v) is 13.0. The summed E-state index contributed by atoms with van der Waals surface area (Å²) in [6.07, 6.45) is 0. The van der Waals surface area contributed by atoms with Crippen molar-refractivity contribution in [2.24, 2.45) is 0 Å². The average molecular weight is 850 g/mol. The number of anilines is 3. The van der Waals surface area contributed by atoms with E-state index in [1.54, 1.807) is 0 Å².